The zero-order valence-electron chi connectivity index (χ0n) is 12.2. The predicted octanol–water partition coefficient (Wildman–Crippen LogP) is 1.98. The lowest BCUT2D eigenvalue weighted by molar-refractivity contribution is 0.153. The van der Waals surface area contributed by atoms with Gasteiger partial charge in [0.15, 0.2) is 0 Å². The number of benzene rings is 1. The number of rotatable bonds is 5. The first-order valence-electron chi connectivity index (χ1n) is 7.39. The Labute approximate surface area is 128 Å². The second-order valence-electron chi connectivity index (χ2n) is 5.77. The van der Waals surface area contributed by atoms with Gasteiger partial charge in [0.05, 0.1) is 19.3 Å². The van der Waals surface area contributed by atoms with Crippen molar-refractivity contribution in [3.63, 3.8) is 0 Å². The van der Waals surface area contributed by atoms with Gasteiger partial charge in [0, 0.05) is 30.9 Å². The number of aromatic nitrogens is 2. The van der Waals surface area contributed by atoms with E-state index in [2.05, 4.69) is 5.10 Å². The Balaban J connectivity index is 1.62. The summed E-state index contributed by atoms with van der Waals surface area (Å²) in [7, 11) is 0. The van der Waals surface area contributed by atoms with Gasteiger partial charge in [-0.3, -0.25) is 9.58 Å². The highest BCUT2D eigenvalue weighted by Gasteiger charge is 2.31. The summed E-state index contributed by atoms with van der Waals surface area (Å²) in [6.45, 7) is 1.48. The summed E-state index contributed by atoms with van der Waals surface area (Å²) in [6, 6.07) is 6.20. The van der Waals surface area contributed by atoms with Gasteiger partial charge in [-0.15, -0.1) is 0 Å². The third-order valence-electron chi connectivity index (χ3n) is 4.02. The predicted molar refractivity (Wildman–Crippen MR) is 78.5 cm³/mol. The fraction of sp³-hybridized carbons (Fsp3) is 0.438. The summed E-state index contributed by atoms with van der Waals surface area (Å²) in [4.78, 5) is 1.95. The first-order valence-corrected chi connectivity index (χ1v) is 7.39. The summed E-state index contributed by atoms with van der Waals surface area (Å²) >= 11 is 0. The molecule has 1 aliphatic heterocycles. The molecule has 2 atom stereocenters. The lowest BCUT2D eigenvalue weighted by Crippen LogP contribution is -2.31. The van der Waals surface area contributed by atoms with E-state index in [9.17, 15) is 13.9 Å². The number of hydrogen-bond acceptors (Lipinski definition) is 3. The minimum atomic E-state index is -0.869. The zero-order valence-corrected chi connectivity index (χ0v) is 12.2. The number of hydrogen-bond donors (Lipinski definition) is 1. The minimum absolute atomic E-state index is 0.0237. The molecule has 0 bridgehead atoms. The highest BCUT2D eigenvalue weighted by atomic mass is 19.1. The molecule has 22 heavy (non-hydrogen) atoms. The summed E-state index contributed by atoms with van der Waals surface area (Å²) in [5.74, 6) is -0.255. The van der Waals surface area contributed by atoms with Crippen molar-refractivity contribution in [1.82, 2.24) is 14.7 Å². The van der Waals surface area contributed by atoms with Crippen LogP contribution in [0, 0.1) is 5.82 Å². The highest BCUT2D eigenvalue weighted by Crippen LogP contribution is 2.22. The van der Waals surface area contributed by atoms with Gasteiger partial charge in [0.2, 0.25) is 0 Å². The quantitative estimate of drug-likeness (QED) is 0.918. The van der Waals surface area contributed by atoms with Crippen molar-refractivity contribution >= 4 is 0 Å². The molecular weight excluding hydrogens is 288 g/mol. The summed E-state index contributed by atoms with van der Waals surface area (Å²) in [5, 5.41) is 13.6. The third-order valence-corrected chi connectivity index (χ3v) is 4.02. The van der Waals surface area contributed by atoms with Crippen LogP contribution in [0.2, 0.25) is 0 Å². The summed E-state index contributed by atoms with van der Waals surface area (Å²) < 4.78 is 28.1. The fourth-order valence-electron chi connectivity index (χ4n) is 2.89. The van der Waals surface area contributed by atoms with Gasteiger partial charge >= 0.3 is 0 Å². The highest BCUT2D eigenvalue weighted by molar-refractivity contribution is 5.17. The molecular formula is C16H19F2N3O. The van der Waals surface area contributed by atoms with Gasteiger partial charge in [0.1, 0.15) is 12.0 Å². The lowest BCUT2D eigenvalue weighted by Gasteiger charge is -2.21. The molecule has 118 valence electrons. The maximum Gasteiger partial charge on any atom is 0.123 e. The van der Waals surface area contributed by atoms with Crippen LogP contribution in [-0.4, -0.2) is 45.2 Å². The van der Waals surface area contributed by atoms with E-state index in [0.717, 1.165) is 11.1 Å². The SMILES string of the molecule is OC[C@@H]1C[C@H](F)CN1Cc1cnn(Cc2ccc(F)cc2)c1. The van der Waals surface area contributed by atoms with Crippen molar-refractivity contribution < 1.29 is 13.9 Å². The first-order chi connectivity index (χ1) is 10.6. The van der Waals surface area contributed by atoms with Gasteiger partial charge in [-0.25, -0.2) is 8.78 Å². The van der Waals surface area contributed by atoms with E-state index in [0.29, 0.717) is 26.1 Å². The number of likely N-dealkylation sites (tertiary alicyclic amines) is 1. The second kappa shape index (κ2) is 6.54. The van der Waals surface area contributed by atoms with E-state index in [1.807, 2.05) is 11.1 Å². The Morgan fingerprint density at radius 2 is 1.95 bits per heavy atom. The smallest absolute Gasteiger partial charge is 0.123 e. The van der Waals surface area contributed by atoms with Gasteiger partial charge in [-0.2, -0.15) is 5.10 Å². The van der Waals surface area contributed by atoms with Crippen LogP contribution in [0.4, 0.5) is 8.78 Å². The van der Waals surface area contributed by atoms with Crippen molar-refractivity contribution in [2.45, 2.75) is 31.7 Å². The molecule has 0 aliphatic carbocycles. The average molecular weight is 307 g/mol. The van der Waals surface area contributed by atoms with E-state index in [1.165, 1.54) is 12.1 Å². The van der Waals surface area contributed by atoms with Crippen LogP contribution >= 0.6 is 0 Å². The van der Waals surface area contributed by atoms with E-state index < -0.39 is 6.17 Å². The van der Waals surface area contributed by atoms with E-state index >= 15 is 0 Å². The molecule has 2 heterocycles. The molecule has 1 fully saturated rings. The molecule has 1 aliphatic rings. The molecule has 1 N–H and O–H groups in total. The Kier molecular flexibility index (Phi) is 4.49. The Bertz CT molecular complexity index is 614. The molecule has 0 saturated carbocycles. The number of aliphatic hydroxyl groups is 1. The van der Waals surface area contributed by atoms with Crippen molar-refractivity contribution in [2.24, 2.45) is 0 Å². The van der Waals surface area contributed by atoms with Gasteiger partial charge in [0.25, 0.3) is 0 Å². The number of halogens is 2. The van der Waals surface area contributed by atoms with Gasteiger partial charge < -0.3 is 5.11 Å². The lowest BCUT2D eigenvalue weighted by atomic mass is 10.2. The standard InChI is InChI=1S/C16H19F2N3O/c17-14-3-1-12(2-4-14)8-21-9-13(6-19-21)7-20-10-15(18)5-16(20)11-22/h1-4,6,9,15-16,22H,5,7-8,10-11H2/t15-,16-/m0/s1. The van der Waals surface area contributed by atoms with Crippen molar-refractivity contribution in [2.75, 3.05) is 13.2 Å². The zero-order chi connectivity index (χ0) is 15.5. The Morgan fingerprint density at radius 1 is 1.18 bits per heavy atom. The number of aliphatic hydroxyl groups excluding tert-OH is 1. The fourth-order valence-corrected chi connectivity index (χ4v) is 2.89. The molecule has 1 aromatic carbocycles. The molecule has 6 heteroatoms. The first kappa shape index (κ1) is 15.1. The average Bonchev–Trinajstić information content (AvgIpc) is 3.08. The third kappa shape index (κ3) is 3.51. The monoisotopic (exact) mass is 307 g/mol. The Morgan fingerprint density at radius 3 is 2.68 bits per heavy atom. The number of alkyl halides is 1. The summed E-state index contributed by atoms with van der Waals surface area (Å²) in [6.07, 6.45) is 3.18. The summed E-state index contributed by atoms with van der Waals surface area (Å²) in [5.41, 5.74) is 1.95. The second-order valence-corrected chi connectivity index (χ2v) is 5.77. The molecule has 0 radical (unpaired) electrons. The van der Waals surface area contributed by atoms with Gasteiger partial charge in [-0.1, -0.05) is 12.1 Å². The molecule has 4 nitrogen and oxygen atoms in total. The topological polar surface area (TPSA) is 41.3 Å². The van der Waals surface area contributed by atoms with Crippen LogP contribution in [0.5, 0.6) is 0 Å². The van der Waals surface area contributed by atoms with Crippen LogP contribution in [0.25, 0.3) is 0 Å². The molecule has 3 rings (SSSR count). The van der Waals surface area contributed by atoms with Crippen LogP contribution in [-0.2, 0) is 13.1 Å². The molecule has 2 aromatic rings. The largest absolute Gasteiger partial charge is 0.395 e. The van der Waals surface area contributed by atoms with Gasteiger partial charge in [-0.05, 0) is 24.1 Å². The van der Waals surface area contributed by atoms with Crippen LogP contribution < -0.4 is 0 Å². The van der Waals surface area contributed by atoms with Crippen molar-refractivity contribution in [3.05, 3.63) is 53.6 Å². The van der Waals surface area contributed by atoms with E-state index in [4.69, 9.17) is 0 Å². The Hall–Kier alpha value is -1.79. The maximum atomic E-state index is 13.4. The normalized spacial score (nSPS) is 22.3. The van der Waals surface area contributed by atoms with E-state index in [-0.39, 0.29) is 18.5 Å². The van der Waals surface area contributed by atoms with Crippen LogP contribution in [0.3, 0.4) is 0 Å². The molecule has 1 saturated heterocycles. The van der Waals surface area contributed by atoms with Crippen molar-refractivity contribution in [1.29, 1.82) is 0 Å². The maximum absolute atomic E-state index is 13.4. The van der Waals surface area contributed by atoms with E-state index in [1.54, 1.807) is 23.0 Å². The van der Waals surface area contributed by atoms with Crippen molar-refractivity contribution in [3.8, 4) is 0 Å². The molecule has 0 amide bonds. The molecule has 0 spiro atoms. The minimum Gasteiger partial charge on any atom is -0.395 e. The molecule has 1 aromatic heterocycles. The van der Waals surface area contributed by atoms with Crippen LogP contribution in [0.15, 0.2) is 36.7 Å². The van der Waals surface area contributed by atoms with Crippen LogP contribution in [0.1, 0.15) is 17.5 Å². The molecule has 0 unspecified atom stereocenters. The number of nitrogens with zero attached hydrogens (tertiary/aromatic N) is 3.